The molecule has 0 bridgehead atoms. The fraction of sp³-hybridized carbons (Fsp3) is 0.667. The molecule has 0 amide bonds. The summed E-state index contributed by atoms with van der Waals surface area (Å²) in [5.41, 5.74) is 0. The van der Waals surface area contributed by atoms with E-state index in [1.807, 2.05) is 13.8 Å². The zero-order chi connectivity index (χ0) is 10.1. The molecule has 0 saturated carbocycles. The molecular formula is C9H17ClO2. The largest absolute Gasteiger partial charge is 0.463 e. The molecule has 0 aliphatic rings. The van der Waals surface area contributed by atoms with Crippen molar-refractivity contribution in [3.63, 3.8) is 0 Å². The predicted octanol–water partition coefficient (Wildman–Crippen LogP) is 3.11. The van der Waals surface area contributed by atoms with Crippen LogP contribution in [0.15, 0.2) is 11.6 Å². The smallest absolute Gasteiger partial charge is 0.305 e. The molecule has 0 aromatic rings. The number of hydrogen-bond acceptors (Lipinski definition) is 2. The van der Waals surface area contributed by atoms with E-state index < -0.39 is 0 Å². The molecule has 0 aromatic heterocycles. The average Bonchev–Trinajstić information content (AvgIpc) is 1.84. The number of ether oxygens (including phenoxy) is 1. The second kappa shape index (κ2) is 8.60. The van der Waals surface area contributed by atoms with Crippen LogP contribution in [0, 0.1) is 0 Å². The van der Waals surface area contributed by atoms with Crippen molar-refractivity contribution in [1.29, 1.82) is 0 Å². The Hall–Kier alpha value is -0.500. The van der Waals surface area contributed by atoms with Crippen LogP contribution in [-0.4, -0.2) is 12.1 Å². The molecule has 0 heterocycles. The Morgan fingerprint density at radius 1 is 1.58 bits per heavy atom. The van der Waals surface area contributed by atoms with Gasteiger partial charge in [-0.25, -0.2) is 0 Å². The van der Waals surface area contributed by atoms with Crippen LogP contribution in [-0.2, 0) is 9.53 Å². The minimum absolute atomic E-state index is 0.0300. The number of carbonyl (C=O) groups excluding carboxylic acids is 1. The lowest BCUT2D eigenvalue weighted by molar-refractivity contribution is -0.146. The van der Waals surface area contributed by atoms with Gasteiger partial charge in [0.25, 0.3) is 0 Å². The van der Waals surface area contributed by atoms with E-state index in [0.717, 1.165) is 0 Å². The SMILES string of the molecule is C=C(C)Cl.CCC(=O)OC(C)C. The van der Waals surface area contributed by atoms with Gasteiger partial charge in [-0.05, 0) is 20.8 Å². The normalized spacial score (nSPS) is 8.50. The summed E-state index contributed by atoms with van der Waals surface area (Å²) in [6.45, 7) is 10.5. The highest BCUT2D eigenvalue weighted by molar-refractivity contribution is 6.28. The number of esters is 1. The first kappa shape index (κ1) is 14.0. The van der Waals surface area contributed by atoms with Crippen LogP contribution >= 0.6 is 11.6 Å². The van der Waals surface area contributed by atoms with Gasteiger partial charge in [-0.2, -0.15) is 0 Å². The molecule has 12 heavy (non-hydrogen) atoms. The molecule has 0 spiro atoms. The second-order valence-corrected chi connectivity index (χ2v) is 3.21. The number of halogens is 1. The third-order valence-electron chi connectivity index (χ3n) is 0.656. The van der Waals surface area contributed by atoms with Gasteiger partial charge in [-0.3, -0.25) is 4.79 Å². The van der Waals surface area contributed by atoms with Crippen LogP contribution < -0.4 is 0 Å². The van der Waals surface area contributed by atoms with E-state index in [-0.39, 0.29) is 12.1 Å². The highest BCUT2D eigenvalue weighted by Crippen LogP contribution is 1.90. The molecule has 0 radical (unpaired) electrons. The van der Waals surface area contributed by atoms with Crippen molar-refractivity contribution in [1.82, 2.24) is 0 Å². The van der Waals surface area contributed by atoms with Crippen molar-refractivity contribution in [2.45, 2.75) is 40.2 Å². The van der Waals surface area contributed by atoms with Crippen LogP contribution in [0.2, 0.25) is 0 Å². The molecule has 0 atom stereocenters. The number of allylic oxidation sites excluding steroid dienone is 1. The predicted molar refractivity (Wildman–Crippen MR) is 52.2 cm³/mol. The van der Waals surface area contributed by atoms with Crippen LogP contribution in [0.25, 0.3) is 0 Å². The molecule has 72 valence electrons. The van der Waals surface area contributed by atoms with Gasteiger partial charge in [0.2, 0.25) is 0 Å². The Labute approximate surface area is 79.6 Å². The summed E-state index contributed by atoms with van der Waals surface area (Å²) in [7, 11) is 0. The van der Waals surface area contributed by atoms with Gasteiger partial charge in [0.05, 0.1) is 6.10 Å². The minimum Gasteiger partial charge on any atom is -0.463 e. The van der Waals surface area contributed by atoms with Crippen LogP contribution in [0.5, 0.6) is 0 Å². The summed E-state index contributed by atoms with van der Waals surface area (Å²) in [4.78, 5) is 10.4. The Balaban J connectivity index is 0. The molecule has 0 aliphatic carbocycles. The first-order valence-corrected chi connectivity index (χ1v) is 4.28. The maximum Gasteiger partial charge on any atom is 0.305 e. The topological polar surface area (TPSA) is 26.3 Å². The maximum atomic E-state index is 10.4. The Kier molecular flexibility index (Phi) is 10.1. The first-order chi connectivity index (χ1) is 5.40. The van der Waals surface area contributed by atoms with E-state index in [9.17, 15) is 4.79 Å². The summed E-state index contributed by atoms with van der Waals surface area (Å²) in [6.07, 6.45) is 0.500. The van der Waals surface area contributed by atoms with Gasteiger partial charge < -0.3 is 4.74 Å². The first-order valence-electron chi connectivity index (χ1n) is 3.90. The minimum atomic E-state index is -0.125. The summed E-state index contributed by atoms with van der Waals surface area (Å²) < 4.78 is 4.76. The van der Waals surface area contributed by atoms with E-state index in [1.54, 1.807) is 13.8 Å². The quantitative estimate of drug-likeness (QED) is 0.629. The number of carbonyl (C=O) groups is 1. The molecule has 0 saturated heterocycles. The highest BCUT2D eigenvalue weighted by Gasteiger charge is 1.98. The lowest BCUT2D eigenvalue weighted by atomic mass is 10.4. The van der Waals surface area contributed by atoms with E-state index in [0.29, 0.717) is 11.5 Å². The summed E-state index contributed by atoms with van der Waals surface area (Å²) in [6, 6.07) is 0. The van der Waals surface area contributed by atoms with Gasteiger partial charge in [0.15, 0.2) is 0 Å². The summed E-state index contributed by atoms with van der Waals surface area (Å²) >= 11 is 5.08. The standard InChI is InChI=1S/C6H12O2.C3H5Cl/c1-4-6(7)8-5(2)3;1-3(2)4/h5H,4H2,1-3H3;1H2,2H3. The molecule has 3 heteroatoms. The molecule has 0 unspecified atom stereocenters. The average molecular weight is 193 g/mol. The van der Waals surface area contributed by atoms with Gasteiger partial charge in [0, 0.05) is 11.5 Å². The van der Waals surface area contributed by atoms with Crippen LogP contribution in [0.1, 0.15) is 34.1 Å². The summed E-state index contributed by atoms with van der Waals surface area (Å²) in [5, 5.41) is 0.639. The highest BCUT2D eigenvalue weighted by atomic mass is 35.5. The van der Waals surface area contributed by atoms with Gasteiger partial charge in [-0.1, -0.05) is 25.1 Å². The Morgan fingerprint density at radius 2 is 1.92 bits per heavy atom. The lowest BCUT2D eigenvalue weighted by Crippen LogP contribution is -2.09. The van der Waals surface area contributed by atoms with E-state index in [2.05, 4.69) is 6.58 Å². The monoisotopic (exact) mass is 192 g/mol. The zero-order valence-electron chi connectivity index (χ0n) is 8.19. The Morgan fingerprint density at radius 3 is 2.00 bits per heavy atom. The van der Waals surface area contributed by atoms with Crippen molar-refractivity contribution in [2.24, 2.45) is 0 Å². The summed E-state index contributed by atoms with van der Waals surface area (Å²) in [5.74, 6) is -0.125. The van der Waals surface area contributed by atoms with Crippen molar-refractivity contribution >= 4 is 17.6 Å². The maximum absolute atomic E-state index is 10.4. The molecule has 0 N–H and O–H groups in total. The molecule has 0 fully saturated rings. The fourth-order valence-electron chi connectivity index (χ4n) is 0.346. The zero-order valence-corrected chi connectivity index (χ0v) is 8.94. The van der Waals surface area contributed by atoms with Crippen LogP contribution in [0.4, 0.5) is 0 Å². The lowest BCUT2D eigenvalue weighted by Gasteiger charge is -2.04. The number of hydrogen-bond donors (Lipinski definition) is 0. The third-order valence-corrected chi connectivity index (χ3v) is 0.656. The van der Waals surface area contributed by atoms with Crippen molar-refractivity contribution in [3.8, 4) is 0 Å². The van der Waals surface area contributed by atoms with Crippen molar-refractivity contribution < 1.29 is 9.53 Å². The van der Waals surface area contributed by atoms with Gasteiger partial charge >= 0.3 is 5.97 Å². The van der Waals surface area contributed by atoms with Gasteiger partial charge in [-0.15, -0.1) is 0 Å². The molecule has 2 nitrogen and oxygen atoms in total. The van der Waals surface area contributed by atoms with E-state index >= 15 is 0 Å². The molecule has 0 aliphatic heterocycles. The Bertz CT molecular complexity index is 137. The van der Waals surface area contributed by atoms with Crippen molar-refractivity contribution in [3.05, 3.63) is 11.6 Å². The van der Waals surface area contributed by atoms with Crippen LogP contribution in [0.3, 0.4) is 0 Å². The molecular weight excluding hydrogens is 176 g/mol. The second-order valence-electron chi connectivity index (χ2n) is 2.57. The molecule has 0 rings (SSSR count). The van der Waals surface area contributed by atoms with Gasteiger partial charge in [0.1, 0.15) is 0 Å². The molecule has 0 aromatic carbocycles. The fourth-order valence-corrected chi connectivity index (χ4v) is 0.346. The third kappa shape index (κ3) is 22.7. The van der Waals surface area contributed by atoms with E-state index in [1.165, 1.54) is 0 Å². The van der Waals surface area contributed by atoms with Crippen molar-refractivity contribution in [2.75, 3.05) is 0 Å². The van der Waals surface area contributed by atoms with E-state index in [4.69, 9.17) is 16.3 Å². The number of rotatable bonds is 2.